The SMILES string of the molecule is C[C@H]1C(=O)N[C@@H](Cc2ccccc2)C(=O)NCCN(C(=O)c2cc(-c3cccs3)nn2C)CC(=O)N[C@@H](Cc2c[nH]c3ccccc23)C(=O)N1C. The standard InChI is InChI=1S/C37H40N8O5S/c1-23-34(47)41-29(18-24-10-5-4-6-11-24)35(48)38-15-16-45(37(50)31-20-28(42-44(31)3)32-14-9-17-51-32)22-33(46)40-30(36(49)43(23)2)19-25-21-39-27-13-8-7-12-26(25)27/h4-14,17,20-21,23,29-30,39H,15-16,18-19,22H2,1-3H3,(H,38,48)(H,40,46)(H,41,47)/t23-,29-,30-/m0/s1. The van der Waals surface area contributed by atoms with Crippen LogP contribution in [0.2, 0.25) is 0 Å². The molecule has 0 spiro atoms. The number of thiophene rings is 1. The fourth-order valence-electron chi connectivity index (χ4n) is 6.16. The van der Waals surface area contributed by atoms with Gasteiger partial charge in [-0.3, -0.25) is 28.7 Å². The molecule has 51 heavy (non-hydrogen) atoms. The summed E-state index contributed by atoms with van der Waals surface area (Å²) in [6.45, 7) is 1.16. The van der Waals surface area contributed by atoms with Crippen LogP contribution in [0.25, 0.3) is 21.5 Å². The average molecular weight is 709 g/mol. The second kappa shape index (κ2) is 15.4. The Kier molecular flexibility index (Phi) is 10.6. The molecule has 13 nitrogen and oxygen atoms in total. The summed E-state index contributed by atoms with van der Waals surface area (Å²) in [6.07, 6.45) is 2.13. The van der Waals surface area contributed by atoms with Gasteiger partial charge < -0.3 is 30.7 Å². The zero-order valence-electron chi connectivity index (χ0n) is 28.6. The van der Waals surface area contributed by atoms with Crippen LogP contribution < -0.4 is 16.0 Å². The molecule has 1 fully saturated rings. The van der Waals surface area contributed by atoms with E-state index in [0.29, 0.717) is 5.69 Å². The predicted molar refractivity (Wildman–Crippen MR) is 194 cm³/mol. The molecule has 0 aliphatic carbocycles. The van der Waals surface area contributed by atoms with E-state index in [-0.39, 0.29) is 31.6 Å². The van der Waals surface area contributed by atoms with Gasteiger partial charge in [0.15, 0.2) is 0 Å². The van der Waals surface area contributed by atoms with E-state index in [4.69, 9.17) is 0 Å². The van der Waals surface area contributed by atoms with Crippen molar-refractivity contribution in [2.24, 2.45) is 7.05 Å². The van der Waals surface area contributed by atoms with Gasteiger partial charge in [-0.15, -0.1) is 11.3 Å². The van der Waals surface area contributed by atoms with E-state index in [1.165, 1.54) is 32.9 Å². The van der Waals surface area contributed by atoms with Gasteiger partial charge in [0.25, 0.3) is 5.91 Å². The molecule has 3 aromatic heterocycles. The highest BCUT2D eigenvalue weighted by Crippen LogP contribution is 2.25. The van der Waals surface area contributed by atoms with E-state index in [9.17, 15) is 24.0 Å². The number of nitrogens with zero attached hydrogens (tertiary/aromatic N) is 4. The molecule has 0 saturated carbocycles. The number of amides is 5. The maximum Gasteiger partial charge on any atom is 0.272 e. The number of H-pyrrole nitrogens is 1. The lowest BCUT2D eigenvalue weighted by Gasteiger charge is -2.30. The number of nitrogens with one attached hydrogen (secondary N) is 4. The van der Waals surface area contributed by atoms with Gasteiger partial charge in [0.05, 0.1) is 11.4 Å². The molecule has 0 radical (unpaired) electrons. The highest BCUT2D eigenvalue weighted by atomic mass is 32.1. The van der Waals surface area contributed by atoms with Crippen molar-refractivity contribution in [1.29, 1.82) is 0 Å². The fourth-order valence-corrected chi connectivity index (χ4v) is 6.84. The smallest absolute Gasteiger partial charge is 0.272 e. The first kappa shape index (κ1) is 35.1. The van der Waals surface area contributed by atoms with E-state index < -0.39 is 54.2 Å². The Bertz CT molecular complexity index is 2040. The van der Waals surface area contributed by atoms with Crippen molar-refractivity contribution < 1.29 is 24.0 Å². The highest BCUT2D eigenvalue weighted by Gasteiger charge is 2.34. The van der Waals surface area contributed by atoms with Gasteiger partial charge in [-0.05, 0) is 41.6 Å². The van der Waals surface area contributed by atoms with Crippen LogP contribution in [0.3, 0.4) is 0 Å². The summed E-state index contributed by atoms with van der Waals surface area (Å²) in [5.41, 5.74) is 3.38. The molecule has 0 unspecified atom stereocenters. The van der Waals surface area contributed by atoms with E-state index in [1.54, 1.807) is 26.2 Å². The Morgan fingerprint density at radius 1 is 0.902 bits per heavy atom. The molecule has 1 aliphatic heterocycles. The first-order valence-corrected chi connectivity index (χ1v) is 17.6. The third-order valence-electron chi connectivity index (χ3n) is 9.13. The van der Waals surface area contributed by atoms with Crippen LogP contribution in [0.15, 0.2) is 84.4 Å². The molecule has 14 heteroatoms. The van der Waals surface area contributed by atoms with E-state index in [1.807, 2.05) is 72.1 Å². The van der Waals surface area contributed by atoms with Crippen LogP contribution in [0.1, 0.15) is 28.5 Å². The molecule has 1 saturated heterocycles. The summed E-state index contributed by atoms with van der Waals surface area (Å²) in [5.74, 6) is -2.53. The van der Waals surface area contributed by atoms with E-state index >= 15 is 0 Å². The third kappa shape index (κ3) is 8.01. The topological polar surface area (TPSA) is 162 Å². The van der Waals surface area contributed by atoms with Crippen LogP contribution in [-0.4, -0.2) is 98.9 Å². The number of aromatic nitrogens is 3. The van der Waals surface area contributed by atoms with E-state index in [2.05, 4.69) is 26.0 Å². The molecule has 4 N–H and O–H groups in total. The number of likely N-dealkylation sites (N-methyl/N-ethyl adjacent to an activating group) is 1. The Labute approximate surface area is 299 Å². The predicted octanol–water partition coefficient (Wildman–Crippen LogP) is 2.50. The minimum atomic E-state index is -1.07. The number of carbonyl (C=O) groups is 5. The lowest BCUT2D eigenvalue weighted by Crippen LogP contribution is -2.57. The van der Waals surface area contributed by atoms with Crippen LogP contribution in [0, 0.1) is 0 Å². The number of para-hydroxylation sites is 1. The molecule has 5 amide bonds. The maximum atomic E-state index is 14.1. The lowest BCUT2D eigenvalue weighted by atomic mass is 10.0. The molecular weight excluding hydrogens is 669 g/mol. The minimum absolute atomic E-state index is 0.00179. The number of aromatic amines is 1. The highest BCUT2D eigenvalue weighted by molar-refractivity contribution is 7.13. The molecule has 5 aromatic rings. The van der Waals surface area contributed by atoms with Crippen molar-refractivity contribution in [2.45, 2.75) is 37.9 Å². The quantitative estimate of drug-likeness (QED) is 0.212. The number of rotatable bonds is 6. The van der Waals surface area contributed by atoms with Gasteiger partial charge in [-0.1, -0.05) is 54.6 Å². The first-order valence-electron chi connectivity index (χ1n) is 16.7. The van der Waals surface area contributed by atoms with Crippen molar-refractivity contribution in [2.75, 3.05) is 26.7 Å². The van der Waals surface area contributed by atoms with Crippen molar-refractivity contribution in [3.63, 3.8) is 0 Å². The Balaban J connectivity index is 1.32. The minimum Gasteiger partial charge on any atom is -0.361 e. The van der Waals surface area contributed by atoms with Crippen LogP contribution in [-0.2, 0) is 39.1 Å². The summed E-state index contributed by atoms with van der Waals surface area (Å²) in [7, 11) is 3.15. The fraction of sp³-hybridized carbons (Fsp3) is 0.297. The van der Waals surface area contributed by atoms with Gasteiger partial charge >= 0.3 is 0 Å². The molecule has 1 aliphatic rings. The normalized spacial score (nSPS) is 19.6. The molecule has 3 atom stereocenters. The Morgan fingerprint density at radius 2 is 1.67 bits per heavy atom. The second-order valence-corrected chi connectivity index (χ2v) is 13.5. The van der Waals surface area contributed by atoms with Gasteiger partial charge in [0.2, 0.25) is 23.6 Å². The van der Waals surface area contributed by atoms with E-state index in [0.717, 1.165) is 26.9 Å². The van der Waals surface area contributed by atoms with Crippen LogP contribution in [0.5, 0.6) is 0 Å². The summed E-state index contributed by atoms with van der Waals surface area (Å²) in [6, 6.07) is 19.4. The van der Waals surface area contributed by atoms with Crippen LogP contribution >= 0.6 is 11.3 Å². The number of carbonyl (C=O) groups excluding carboxylic acids is 5. The van der Waals surface area contributed by atoms with Gasteiger partial charge in [0, 0.05) is 57.1 Å². The number of fused-ring (bicyclic) bond motifs is 1. The summed E-state index contributed by atoms with van der Waals surface area (Å²) in [4.78, 5) is 75.9. The largest absolute Gasteiger partial charge is 0.361 e. The monoisotopic (exact) mass is 708 g/mol. The van der Waals surface area contributed by atoms with Crippen molar-refractivity contribution >= 4 is 51.8 Å². The maximum absolute atomic E-state index is 14.1. The molecule has 4 heterocycles. The molecule has 2 aromatic carbocycles. The number of hydrogen-bond donors (Lipinski definition) is 4. The zero-order chi connectivity index (χ0) is 36.1. The first-order chi connectivity index (χ1) is 24.6. The molecule has 6 rings (SSSR count). The number of aryl methyl sites for hydroxylation is 1. The number of benzene rings is 2. The summed E-state index contributed by atoms with van der Waals surface area (Å²) in [5, 5.41) is 15.9. The average Bonchev–Trinajstić information content (AvgIpc) is 3.90. The zero-order valence-corrected chi connectivity index (χ0v) is 29.4. The van der Waals surface area contributed by atoms with Gasteiger partial charge in [-0.25, -0.2) is 0 Å². The summed E-state index contributed by atoms with van der Waals surface area (Å²) >= 11 is 1.49. The Morgan fingerprint density at radius 3 is 2.43 bits per heavy atom. The van der Waals surface area contributed by atoms with Crippen molar-refractivity contribution in [3.8, 4) is 10.6 Å². The van der Waals surface area contributed by atoms with Crippen molar-refractivity contribution in [3.05, 3.63) is 101 Å². The third-order valence-corrected chi connectivity index (χ3v) is 10.0. The van der Waals surface area contributed by atoms with Gasteiger partial charge in [0.1, 0.15) is 29.5 Å². The second-order valence-electron chi connectivity index (χ2n) is 12.6. The molecule has 264 valence electrons. The Hall–Kier alpha value is -5.76. The lowest BCUT2D eigenvalue weighted by molar-refractivity contribution is -0.142. The van der Waals surface area contributed by atoms with Gasteiger partial charge in [-0.2, -0.15) is 5.10 Å². The summed E-state index contributed by atoms with van der Waals surface area (Å²) < 4.78 is 1.47. The number of hydrogen-bond acceptors (Lipinski definition) is 7. The molecule has 0 bridgehead atoms. The van der Waals surface area contributed by atoms with Crippen LogP contribution in [0.4, 0.5) is 0 Å². The molecular formula is C37H40N8O5S. The van der Waals surface area contributed by atoms with Crippen molar-refractivity contribution in [1.82, 2.24) is 40.5 Å².